The lowest BCUT2D eigenvalue weighted by Crippen LogP contribution is -2.49. The fourth-order valence-corrected chi connectivity index (χ4v) is 2.14. The molecule has 3 N–H and O–H groups in total. The molecule has 98 valence electrons. The molecule has 1 heterocycles. The number of hydrazine groups is 1. The zero-order chi connectivity index (χ0) is 13.0. The number of hydrogen-bond acceptors (Lipinski definition) is 2. The third-order valence-corrected chi connectivity index (χ3v) is 3.54. The number of aliphatic imine (C=N–C) groups is 1. The second-order valence-corrected chi connectivity index (χ2v) is 5.57. The Kier molecular flexibility index (Phi) is 3.87. The number of benzene rings is 1. The van der Waals surface area contributed by atoms with Gasteiger partial charge in [-0.25, -0.2) is 10.8 Å². The summed E-state index contributed by atoms with van der Waals surface area (Å²) in [4.78, 5) is 6.78. The lowest BCUT2D eigenvalue weighted by atomic mass is 9.83. The molecule has 0 saturated carbocycles. The summed E-state index contributed by atoms with van der Waals surface area (Å²) < 4.78 is 0. The van der Waals surface area contributed by atoms with E-state index in [1.807, 2.05) is 30.3 Å². The lowest BCUT2D eigenvalue weighted by Gasteiger charge is -2.38. The number of nitrogens with two attached hydrogens (primary N) is 1. The average Bonchev–Trinajstić information content (AvgIpc) is 2.38. The van der Waals surface area contributed by atoms with Gasteiger partial charge in [-0.15, -0.1) is 0 Å². The van der Waals surface area contributed by atoms with Gasteiger partial charge in [0.05, 0.1) is 5.69 Å². The highest BCUT2D eigenvalue weighted by Gasteiger charge is 2.26. The zero-order valence-electron chi connectivity index (χ0n) is 11.2. The minimum absolute atomic E-state index is 0.433. The summed E-state index contributed by atoms with van der Waals surface area (Å²) in [5, 5.41) is 0. The Bertz CT molecular complexity index is 401. The number of nitrogens with one attached hydrogen (secondary N) is 1. The molecule has 0 unspecified atom stereocenters. The highest BCUT2D eigenvalue weighted by atomic mass is 15.4. The number of hydrogen-bond donors (Lipinski definition) is 2. The van der Waals surface area contributed by atoms with E-state index < -0.39 is 0 Å². The van der Waals surface area contributed by atoms with Crippen LogP contribution in [-0.4, -0.2) is 23.9 Å². The van der Waals surface area contributed by atoms with E-state index >= 15 is 0 Å². The number of guanidine groups is 1. The first-order valence-corrected chi connectivity index (χ1v) is 6.46. The van der Waals surface area contributed by atoms with Crippen LogP contribution in [0.2, 0.25) is 0 Å². The van der Waals surface area contributed by atoms with E-state index in [2.05, 4.69) is 29.2 Å². The van der Waals surface area contributed by atoms with Crippen LogP contribution in [0.25, 0.3) is 0 Å². The van der Waals surface area contributed by atoms with Gasteiger partial charge in [0.15, 0.2) is 0 Å². The first-order chi connectivity index (χ1) is 8.61. The smallest absolute Gasteiger partial charge is 0.213 e. The van der Waals surface area contributed by atoms with Crippen LogP contribution in [-0.2, 0) is 0 Å². The van der Waals surface area contributed by atoms with Gasteiger partial charge >= 0.3 is 0 Å². The fraction of sp³-hybridized carbons (Fsp3) is 0.500. The maximum absolute atomic E-state index is 5.60. The van der Waals surface area contributed by atoms with Gasteiger partial charge in [-0.3, -0.25) is 5.43 Å². The van der Waals surface area contributed by atoms with E-state index in [0.717, 1.165) is 24.7 Å². The predicted octanol–water partition coefficient (Wildman–Crippen LogP) is 2.26. The van der Waals surface area contributed by atoms with Crippen molar-refractivity contribution in [2.24, 2.45) is 16.3 Å². The van der Waals surface area contributed by atoms with Crippen LogP contribution in [0.15, 0.2) is 35.3 Å². The largest absolute Gasteiger partial charge is 0.342 e. The number of para-hydroxylation sites is 1. The van der Waals surface area contributed by atoms with Gasteiger partial charge in [-0.2, -0.15) is 0 Å². The van der Waals surface area contributed by atoms with E-state index in [1.165, 1.54) is 12.8 Å². The highest BCUT2D eigenvalue weighted by molar-refractivity contribution is 5.82. The minimum atomic E-state index is 0.433. The Morgan fingerprint density at radius 3 is 2.39 bits per heavy atom. The van der Waals surface area contributed by atoms with Crippen molar-refractivity contribution in [3.8, 4) is 0 Å². The molecule has 0 bridgehead atoms. The first kappa shape index (κ1) is 12.9. The molecule has 1 saturated heterocycles. The van der Waals surface area contributed by atoms with E-state index in [4.69, 9.17) is 5.84 Å². The maximum Gasteiger partial charge on any atom is 0.213 e. The average molecular weight is 246 g/mol. The molecule has 1 aromatic carbocycles. The van der Waals surface area contributed by atoms with Crippen LogP contribution in [0.3, 0.4) is 0 Å². The van der Waals surface area contributed by atoms with Crippen molar-refractivity contribution in [2.45, 2.75) is 26.7 Å². The summed E-state index contributed by atoms with van der Waals surface area (Å²) in [6, 6.07) is 9.90. The summed E-state index contributed by atoms with van der Waals surface area (Å²) >= 11 is 0. The SMILES string of the molecule is CC1(C)CCN(C(=Nc2ccccc2)NN)CC1. The number of likely N-dealkylation sites (tertiary alicyclic amines) is 1. The molecule has 1 fully saturated rings. The Morgan fingerprint density at radius 1 is 1.22 bits per heavy atom. The molecule has 1 aliphatic heterocycles. The van der Waals surface area contributed by atoms with E-state index in [0.29, 0.717) is 5.41 Å². The molecule has 0 aliphatic carbocycles. The summed E-state index contributed by atoms with van der Waals surface area (Å²) in [7, 11) is 0. The summed E-state index contributed by atoms with van der Waals surface area (Å²) in [5.41, 5.74) is 4.08. The number of piperidine rings is 1. The normalized spacial score (nSPS) is 19.7. The van der Waals surface area contributed by atoms with Gasteiger partial charge < -0.3 is 4.90 Å². The summed E-state index contributed by atoms with van der Waals surface area (Å²) in [6.45, 7) is 6.63. The molecule has 0 radical (unpaired) electrons. The monoisotopic (exact) mass is 246 g/mol. The van der Waals surface area contributed by atoms with Gasteiger partial charge in [0.25, 0.3) is 0 Å². The van der Waals surface area contributed by atoms with Crippen LogP contribution in [0.4, 0.5) is 5.69 Å². The van der Waals surface area contributed by atoms with Gasteiger partial charge in [-0.05, 0) is 30.4 Å². The Hall–Kier alpha value is -1.55. The van der Waals surface area contributed by atoms with Crippen molar-refractivity contribution in [3.05, 3.63) is 30.3 Å². The third kappa shape index (κ3) is 3.23. The van der Waals surface area contributed by atoms with Gasteiger partial charge in [0, 0.05) is 13.1 Å². The topological polar surface area (TPSA) is 53.6 Å². The quantitative estimate of drug-likeness (QED) is 0.346. The van der Waals surface area contributed by atoms with Crippen LogP contribution < -0.4 is 11.3 Å². The molecule has 2 rings (SSSR count). The minimum Gasteiger partial charge on any atom is -0.342 e. The van der Waals surface area contributed by atoms with Crippen molar-refractivity contribution < 1.29 is 0 Å². The Morgan fingerprint density at radius 2 is 1.83 bits per heavy atom. The summed E-state index contributed by atoms with van der Waals surface area (Å²) in [5.74, 6) is 6.36. The number of nitrogens with zero attached hydrogens (tertiary/aromatic N) is 2. The third-order valence-electron chi connectivity index (χ3n) is 3.54. The summed E-state index contributed by atoms with van der Waals surface area (Å²) in [6.07, 6.45) is 2.34. The molecule has 4 nitrogen and oxygen atoms in total. The van der Waals surface area contributed by atoms with Gasteiger partial charge in [0.2, 0.25) is 5.96 Å². The highest BCUT2D eigenvalue weighted by Crippen LogP contribution is 2.29. The van der Waals surface area contributed by atoms with Gasteiger partial charge in [0.1, 0.15) is 0 Å². The van der Waals surface area contributed by atoms with Crippen LogP contribution in [0.1, 0.15) is 26.7 Å². The Labute approximate surface area is 109 Å². The molecule has 0 aromatic heterocycles. The zero-order valence-corrected chi connectivity index (χ0v) is 11.2. The van der Waals surface area contributed by atoms with Crippen LogP contribution >= 0.6 is 0 Å². The molecule has 1 aromatic rings. The first-order valence-electron chi connectivity index (χ1n) is 6.46. The van der Waals surface area contributed by atoms with Crippen LogP contribution in [0.5, 0.6) is 0 Å². The molecule has 1 aliphatic rings. The van der Waals surface area contributed by atoms with Crippen molar-refractivity contribution in [1.29, 1.82) is 0 Å². The van der Waals surface area contributed by atoms with Gasteiger partial charge in [-0.1, -0.05) is 32.0 Å². The maximum atomic E-state index is 5.60. The second-order valence-electron chi connectivity index (χ2n) is 5.57. The lowest BCUT2D eigenvalue weighted by molar-refractivity contribution is 0.185. The fourth-order valence-electron chi connectivity index (χ4n) is 2.14. The van der Waals surface area contributed by atoms with Crippen molar-refractivity contribution in [2.75, 3.05) is 13.1 Å². The van der Waals surface area contributed by atoms with E-state index in [1.54, 1.807) is 0 Å². The predicted molar refractivity (Wildman–Crippen MR) is 75.4 cm³/mol. The second kappa shape index (κ2) is 5.40. The molecule has 18 heavy (non-hydrogen) atoms. The van der Waals surface area contributed by atoms with Crippen LogP contribution in [0, 0.1) is 5.41 Å². The van der Waals surface area contributed by atoms with E-state index in [9.17, 15) is 0 Å². The Balaban J connectivity index is 2.08. The molecule has 0 spiro atoms. The van der Waals surface area contributed by atoms with Crippen molar-refractivity contribution >= 4 is 11.6 Å². The van der Waals surface area contributed by atoms with Crippen molar-refractivity contribution in [3.63, 3.8) is 0 Å². The molecule has 0 atom stereocenters. The molecular weight excluding hydrogens is 224 g/mol. The molecule has 0 amide bonds. The standard InChI is InChI=1S/C14H22N4/c1-14(2)8-10-18(11-9-14)13(17-15)16-12-6-4-3-5-7-12/h3-7H,8-11,15H2,1-2H3,(H,16,17). The molecule has 4 heteroatoms. The molecular formula is C14H22N4. The van der Waals surface area contributed by atoms with Crippen molar-refractivity contribution in [1.82, 2.24) is 10.3 Å². The number of rotatable bonds is 1. The van der Waals surface area contributed by atoms with E-state index in [-0.39, 0.29) is 0 Å².